The normalized spacial score (nSPS) is 28.4. The third-order valence-electron chi connectivity index (χ3n) is 3.50. The zero-order valence-corrected chi connectivity index (χ0v) is 9.71. The summed E-state index contributed by atoms with van der Waals surface area (Å²) in [7, 11) is 0. The van der Waals surface area contributed by atoms with Crippen molar-refractivity contribution in [3.8, 4) is 0 Å². The summed E-state index contributed by atoms with van der Waals surface area (Å²) < 4.78 is 5.75. The number of hydrogen-bond acceptors (Lipinski definition) is 3. The van der Waals surface area contributed by atoms with Crippen molar-refractivity contribution in [2.24, 2.45) is 5.92 Å². The lowest BCUT2D eigenvalue weighted by molar-refractivity contribution is 0.0750. The van der Waals surface area contributed by atoms with Crippen LogP contribution in [0.4, 0.5) is 0 Å². The molecule has 3 nitrogen and oxygen atoms in total. The van der Waals surface area contributed by atoms with Crippen molar-refractivity contribution in [1.82, 2.24) is 10.2 Å². The minimum Gasteiger partial charge on any atom is -0.380 e. The standard InChI is InChI=1S/C12H24N2O/c1-2-7-14(6-1)8-9-15-11-12-4-3-5-13-10-12/h12-13H,1-11H2/t12-/m1/s1. The summed E-state index contributed by atoms with van der Waals surface area (Å²) in [5.41, 5.74) is 0. The fourth-order valence-electron chi connectivity index (χ4n) is 2.52. The van der Waals surface area contributed by atoms with Gasteiger partial charge in [-0.25, -0.2) is 0 Å². The lowest BCUT2D eigenvalue weighted by Gasteiger charge is -2.23. The van der Waals surface area contributed by atoms with Crippen molar-refractivity contribution in [3.63, 3.8) is 0 Å². The Hall–Kier alpha value is -0.120. The molecule has 1 N–H and O–H groups in total. The molecule has 0 bridgehead atoms. The van der Waals surface area contributed by atoms with E-state index in [0.29, 0.717) is 0 Å². The number of likely N-dealkylation sites (tertiary alicyclic amines) is 1. The van der Waals surface area contributed by atoms with Crippen molar-refractivity contribution < 1.29 is 4.74 Å². The van der Waals surface area contributed by atoms with Crippen LogP contribution < -0.4 is 5.32 Å². The molecule has 0 radical (unpaired) electrons. The first-order valence-corrected chi connectivity index (χ1v) is 6.46. The molecule has 2 saturated heterocycles. The Kier molecular flexibility index (Phi) is 4.90. The first-order valence-electron chi connectivity index (χ1n) is 6.46. The summed E-state index contributed by atoms with van der Waals surface area (Å²) in [5.74, 6) is 0.761. The summed E-state index contributed by atoms with van der Waals surface area (Å²) in [5, 5.41) is 3.43. The molecule has 0 aromatic heterocycles. The first-order chi connectivity index (χ1) is 7.45. The maximum Gasteiger partial charge on any atom is 0.0593 e. The molecule has 0 aromatic rings. The summed E-state index contributed by atoms with van der Waals surface area (Å²) in [6.07, 6.45) is 5.43. The summed E-state index contributed by atoms with van der Waals surface area (Å²) >= 11 is 0. The van der Waals surface area contributed by atoms with Crippen LogP contribution in [0.3, 0.4) is 0 Å². The van der Waals surface area contributed by atoms with Crippen molar-refractivity contribution >= 4 is 0 Å². The molecular formula is C12H24N2O. The van der Waals surface area contributed by atoms with Crippen LogP contribution >= 0.6 is 0 Å². The molecule has 88 valence electrons. The highest BCUT2D eigenvalue weighted by Gasteiger charge is 2.14. The van der Waals surface area contributed by atoms with E-state index < -0.39 is 0 Å². The highest BCUT2D eigenvalue weighted by atomic mass is 16.5. The van der Waals surface area contributed by atoms with E-state index in [-0.39, 0.29) is 0 Å². The van der Waals surface area contributed by atoms with Crippen LogP contribution in [0.15, 0.2) is 0 Å². The monoisotopic (exact) mass is 212 g/mol. The number of hydrogen-bond donors (Lipinski definition) is 1. The third kappa shape index (κ3) is 4.09. The smallest absolute Gasteiger partial charge is 0.0593 e. The van der Waals surface area contributed by atoms with E-state index in [2.05, 4.69) is 10.2 Å². The van der Waals surface area contributed by atoms with Gasteiger partial charge in [0, 0.05) is 13.1 Å². The minimum absolute atomic E-state index is 0.761. The second-order valence-corrected chi connectivity index (χ2v) is 4.84. The highest BCUT2D eigenvalue weighted by Crippen LogP contribution is 2.10. The van der Waals surface area contributed by atoms with Gasteiger partial charge in [-0.1, -0.05) is 0 Å². The van der Waals surface area contributed by atoms with Crippen LogP contribution in [0.5, 0.6) is 0 Å². The van der Waals surface area contributed by atoms with E-state index in [1.165, 1.54) is 45.3 Å². The number of ether oxygens (including phenoxy) is 1. The van der Waals surface area contributed by atoms with Gasteiger partial charge < -0.3 is 15.0 Å². The number of nitrogens with zero attached hydrogens (tertiary/aromatic N) is 1. The predicted octanol–water partition coefficient (Wildman–Crippen LogP) is 1.10. The Morgan fingerprint density at radius 3 is 2.80 bits per heavy atom. The Labute approximate surface area is 93.2 Å². The van der Waals surface area contributed by atoms with Crippen molar-refractivity contribution in [2.45, 2.75) is 25.7 Å². The molecule has 2 rings (SSSR count). The first kappa shape index (κ1) is 11.4. The van der Waals surface area contributed by atoms with E-state index in [1.54, 1.807) is 0 Å². The topological polar surface area (TPSA) is 24.5 Å². The number of rotatable bonds is 5. The van der Waals surface area contributed by atoms with Gasteiger partial charge in [-0.15, -0.1) is 0 Å². The summed E-state index contributed by atoms with van der Waals surface area (Å²) in [4.78, 5) is 2.51. The van der Waals surface area contributed by atoms with E-state index in [0.717, 1.165) is 32.2 Å². The van der Waals surface area contributed by atoms with Crippen molar-refractivity contribution in [3.05, 3.63) is 0 Å². The largest absolute Gasteiger partial charge is 0.380 e. The SMILES string of the molecule is C1CNC[C@H](COCCN2CCCC2)C1. The summed E-state index contributed by atoms with van der Waals surface area (Å²) in [6.45, 7) is 7.95. The van der Waals surface area contributed by atoms with E-state index in [1.807, 2.05) is 0 Å². The molecule has 2 fully saturated rings. The van der Waals surface area contributed by atoms with Gasteiger partial charge >= 0.3 is 0 Å². The Bertz CT molecular complexity index is 163. The van der Waals surface area contributed by atoms with Crippen LogP contribution in [0.2, 0.25) is 0 Å². The van der Waals surface area contributed by atoms with Crippen LogP contribution in [-0.2, 0) is 4.74 Å². The predicted molar refractivity (Wildman–Crippen MR) is 62.1 cm³/mol. The molecular weight excluding hydrogens is 188 g/mol. The fourth-order valence-corrected chi connectivity index (χ4v) is 2.52. The molecule has 2 aliphatic rings. The lowest BCUT2D eigenvalue weighted by atomic mass is 10.0. The van der Waals surface area contributed by atoms with Crippen LogP contribution in [0.25, 0.3) is 0 Å². The van der Waals surface area contributed by atoms with Crippen LogP contribution in [0.1, 0.15) is 25.7 Å². The molecule has 0 saturated carbocycles. The molecule has 0 aromatic carbocycles. The quantitative estimate of drug-likeness (QED) is 0.691. The number of nitrogens with one attached hydrogen (secondary N) is 1. The van der Waals surface area contributed by atoms with Crippen molar-refractivity contribution in [2.75, 3.05) is 45.9 Å². The van der Waals surface area contributed by atoms with Crippen molar-refractivity contribution in [1.29, 1.82) is 0 Å². The molecule has 15 heavy (non-hydrogen) atoms. The molecule has 2 aliphatic heterocycles. The molecule has 0 amide bonds. The zero-order chi connectivity index (χ0) is 10.3. The maximum atomic E-state index is 5.75. The average Bonchev–Trinajstić information content (AvgIpc) is 2.79. The van der Waals surface area contributed by atoms with Gasteiger partial charge in [-0.2, -0.15) is 0 Å². The van der Waals surface area contributed by atoms with Gasteiger partial charge in [0.1, 0.15) is 0 Å². The Morgan fingerprint density at radius 1 is 1.20 bits per heavy atom. The highest BCUT2D eigenvalue weighted by molar-refractivity contribution is 4.69. The van der Waals surface area contributed by atoms with Gasteiger partial charge in [0.2, 0.25) is 0 Å². The Balaban J connectivity index is 1.47. The zero-order valence-electron chi connectivity index (χ0n) is 9.71. The van der Waals surface area contributed by atoms with Gasteiger partial charge in [0.05, 0.1) is 13.2 Å². The molecule has 2 heterocycles. The van der Waals surface area contributed by atoms with Gasteiger partial charge in [-0.3, -0.25) is 0 Å². The lowest BCUT2D eigenvalue weighted by Crippen LogP contribution is -2.33. The van der Waals surface area contributed by atoms with E-state index >= 15 is 0 Å². The van der Waals surface area contributed by atoms with Gasteiger partial charge in [0.25, 0.3) is 0 Å². The Morgan fingerprint density at radius 2 is 2.07 bits per heavy atom. The van der Waals surface area contributed by atoms with Crippen LogP contribution in [-0.4, -0.2) is 50.8 Å². The minimum atomic E-state index is 0.761. The molecule has 0 spiro atoms. The van der Waals surface area contributed by atoms with Gasteiger partial charge in [-0.05, 0) is 51.2 Å². The molecule has 0 aliphatic carbocycles. The molecule has 3 heteroatoms. The molecule has 1 atom stereocenters. The van der Waals surface area contributed by atoms with Gasteiger partial charge in [0.15, 0.2) is 0 Å². The summed E-state index contributed by atoms with van der Waals surface area (Å²) in [6, 6.07) is 0. The number of piperidine rings is 1. The maximum absolute atomic E-state index is 5.75. The van der Waals surface area contributed by atoms with E-state index in [9.17, 15) is 0 Å². The second kappa shape index (κ2) is 6.46. The van der Waals surface area contributed by atoms with Crippen LogP contribution in [0, 0.1) is 5.92 Å². The second-order valence-electron chi connectivity index (χ2n) is 4.84. The average molecular weight is 212 g/mol. The molecule has 0 unspecified atom stereocenters. The fraction of sp³-hybridized carbons (Fsp3) is 1.00. The third-order valence-corrected chi connectivity index (χ3v) is 3.50. The van der Waals surface area contributed by atoms with E-state index in [4.69, 9.17) is 4.74 Å².